The number of hydrogen-bond donors (Lipinski definition) is 1. The second-order valence-corrected chi connectivity index (χ2v) is 2.59. The van der Waals surface area contributed by atoms with Crippen LogP contribution in [0.3, 0.4) is 0 Å². The summed E-state index contributed by atoms with van der Waals surface area (Å²) in [6.07, 6.45) is 3.66. The van der Waals surface area contributed by atoms with Crippen molar-refractivity contribution in [3.05, 3.63) is 12.2 Å². The van der Waals surface area contributed by atoms with Gasteiger partial charge in [-0.15, -0.1) is 12.4 Å². The lowest BCUT2D eigenvalue weighted by Gasteiger charge is -2.00. The molecular weight excluding hydrogens is 134 g/mol. The molecule has 0 aromatic carbocycles. The first-order chi connectivity index (χ1) is 3.83. The first-order valence-corrected chi connectivity index (χ1v) is 3.19. The number of nitrogens with two attached hydrogens (primary N) is 1. The van der Waals surface area contributed by atoms with Gasteiger partial charge in [0.25, 0.3) is 0 Å². The average Bonchev–Trinajstić information content (AvgIpc) is 2.14. The lowest BCUT2D eigenvalue weighted by molar-refractivity contribution is 0.569. The topological polar surface area (TPSA) is 26.0 Å². The largest absolute Gasteiger partial charge is 0.330 e. The van der Waals surface area contributed by atoms with Crippen LogP contribution in [-0.2, 0) is 0 Å². The minimum Gasteiger partial charge on any atom is -0.330 e. The van der Waals surface area contributed by atoms with Crippen molar-refractivity contribution in [2.75, 3.05) is 6.54 Å². The smallest absolute Gasteiger partial charge is 0.00457 e. The van der Waals surface area contributed by atoms with Crippen LogP contribution >= 0.6 is 12.4 Å². The molecule has 1 aliphatic rings. The van der Waals surface area contributed by atoms with Crippen LogP contribution in [0.5, 0.6) is 0 Å². The molecule has 1 nitrogen and oxygen atoms in total. The van der Waals surface area contributed by atoms with Crippen LogP contribution < -0.4 is 5.73 Å². The lowest BCUT2D eigenvalue weighted by atomic mass is 10.1. The quantitative estimate of drug-likeness (QED) is 0.562. The summed E-state index contributed by atoms with van der Waals surface area (Å²) in [4.78, 5) is 0. The van der Waals surface area contributed by atoms with Crippen LogP contribution in [0.15, 0.2) is 12.2 Å². The zero-order valence-corrected chi connectivity index (χ0v) is 6.41. The van der Waals surface area contributed by atoms with Crippen LogP contribution in [0.4, 0.5) is 0 Å². The highest BCUT2D eigenvalue weighted by atomic mass is 35.5. The van der Waals surface area contributed by atoms with E-state index in [0.29, 0.717) is 0 Å². The molecule has 54 valence electrons. The first kappa shape index (κ1) is 8.99. The summed E-state index contributed by atoms with van der Waals surface area (Å²) >= 11 is 0. The molecule has 1 aliphatic carbocycles. The van der Waals surface area contributed by atoms with E-state index in [4.69, 9.17) is 5.73 Å². The molecule has 0 bridgehead atoms. The van der Waals surface area contributed by atoms with Gasteiger partial charge in [0, 0.05) is 0 Å². The molecule has 0 amide bonds. The second-order valence-electron chi connectivity index (χ2n) is 2.59. The van der Waals surface area contributed by atoms with E-state index in [2.05, 4.69) is 6.58 Å². The third-order valence-electron chi connectivity index (χ3n) is 1.82. The van der Waals surface area contributed by atoms with Gasteiger partial charge in [-0.3, -0.25) is 0 Å². The molecule has 0 aliphatic heterocycles. The van der Waals surface area contributed by atoms with Crippen LogP contribution in [0, 0.1) is 5.92 Å². The van der Waals surface area contributed by atoms with Crippen LogP contribution in [0.2, 0.25) is 0 Å². The van der Waals surface area contributed by atoms with Crippen molar-refractivity contribution in [1.29, 1.82) is 0 Å². The van der Waals surface area contributed by atoms with Gasteiger partial charge < -0.3 is 5.73 Å². The molecule has 0 spiro atoms. The number of halogens is 1. The molecule has 0 saturated heterocycles. The molecule has 1 rings (SSSR count). The Morgan fingerprint density at radius 2 is 2.33 bits per heavy atom. The number of allylic oxidation sites excluding steroid dienone is 1. The SMILES string of the molecule is C=C1CCC(CN)C1.Cl. The van der Waals surface area contributed by atoms with E-state index >= 15 is 0 Å². The van der Waals surface area contributed by atoms with E-state index in [1.165, 1.54) is 24.8 Å². The van der Waals surface area contributed by atoms with E-state index in [9.17, 15) is 0 Å². The maximum atomic E-state index is 5.45. The highest BCUT2D eigenvalue weighted by molar-refractivity contribution is 5.85. The maximum Gasteiger partial charge on any atom is -0.00457 e. The second kappa shape index (κ2) is 3.91. The Morgan fingerprint density at radius 3 is 2.56 bits per heavy atom. The fourth-order valence-electron chi connectivity index (χ4n) is 1.22. The van der Waals surface area contributed by atoms with Crippen molar-refractivity contribution in [2.45, 2.75) is 19.3 Å². The Kier molecular flexibility index (Phi) is 3.91. The van der Waals surface area contributed by atoms with Crippen molar-refractivity contribution in [3.63, 3.8) is 0 Å². The molecule has 2 N–H and O–H groups in total. The Bertz CT molecular complexity index is 101. The Balaban J connectivity index is 0.000000640. The van der Waals surface area contributed by atoms with Crippen LogP contribution in [-0.4, -0.2) is 6.54 Å². The summed E-state index contributed by atoms with van der Waals surface area (Å²) in [6, 6.07) is 0. The summed E-state index contributed by atoms with van der Waals surface area (Å²) < 4.78 is 0. The third-order valence-corrected chi connectivity index (χ3v) is 1.82. The van der Waals surface area contributed by atoms with Gasteiger partial charge in [-0.05, 0) is 31.7 Å². The number of rotatable bonds is 1. The van der Waals surface area contributed by atoms with Crippen molar-refractivity contribution in [3.8, 4) is 0 Å². The summed E-state index contributed by atoms with van der Waals surface area (Å²) in [5.41, 5.74) is 6.84. The predicted octanol–water partition coefficient (Wildman–Crippen LogP) is 1.72. The molecule has 0 aromatic heterocycles. The highest BCUT2D eigenvalue weighted by Crippen LogP contribution is 2.27. The van der Waals surface area contributed by atoms with E-state index in [1.54, 1.807) is 0 Å². The normalized spacial score (nSPS) is 25.9. The average molecular weight is 148 g/mol. The minimum absolute atomic E-state index is 0. The lowest BCUT2D eigenvalue weighted by Crippen LogP contribution is -2.09. The monoisotopic (exact) mass is 147 g/mol. The molecule has 2 heteroatoms. The summed E-state index contributed by atoms with van der Waals surface area (Å²) in [5, 5.41) is 0. The van der Waals surface area contributed by atoms with Crippen molar-refractivity contribution < 1.29 is 0 Å². The first-order valence-electron chi connectivity index (χ1n) is 3.19. The highest BCUT2D eigenvalue weighted by Gasteiger charge is 2.15. The predicted molar refractivity (Wildman–Crippen MR) is 42.8 cm³/mol. The Morgan fingerprint density at radius 1 is 1.67 bits per heavy atom. The van der Waals surface area contributed by atoms with Gasteiger partial charge in [0.05, 0.1) is 0 Å². The van der Waals surface area contributed by atoms with E-state index in [0.717, 1.165) is 12.5 Å². The van der Waals surface area contributed by atoms with E-state index in [-0.39, 0.29) is 12.4 Å². The molecule has 1 atom stereocenters. The van der Waals surface area contributed by atoms with Crippen LogP contribution in [0.25, 0.3) is 0 Å². The van der Waals surface area contributed by atoms with Crippen molar-refractivity contribution in [2.24, 2.45) is 11.7 Å². The molecule has 1 unspecified atom stereocenters. The van der Waals surface area contributed by atoms with Gasteiger partial charge >= 0.3 is 0 Å². The summed E-state index contributed by atoms with van der Waals surface area (Å²) in [7, 11) is 0. The summed E-state index contributed by atoms with van der Waals surface area (Å²) in [5.74, 6) is 0.752. The zero-order valence-electron chi connectivity index (χ0n) is 5.60. The van der Waals surface area contributed by atoms with Gasteiger partial charge in [0.15, 0.2) is 0 Å². The molecular formula is C7H14ClN. The van der Waals surface area contributed by atoms with E-state index in [1.807, 2.05) is 0 Å². The third kappa shape index (κ3) is 2.37. The van der Waals surface area contributed by atoms with Gasteiger partial charge in [-0.25, -0.2) is 0 Å². The number of hydrogen-bond acceptors (Lipinski definition) is 1. The summed E-state index contributed by atoms with van der Waals surface area (Å²) in [6.45, 7) is 4.74. The molecule has 0 radical (unpaired) electrons. The fourth-order valence-corrected chi connectivity index (χ4v) is 1.22. The van der Waals surface area contributed by atoms with Crippen molar-refractivity contribution in [1.82, 2.24) is 0 Å². The van der Waals surface area contributed by atoms with Gasteiger partial charge in [-0.1, -0.05) is 12.2 Å². The van der Waals surface area contributed by atoms with Gasteiger partial charge in [0.2, 0.25) is 0 Å². The minimum atomic E-state index is 0. The fraction of sp³-hybridized carbons (Fsp3) is 0.714. The van der Waals surface area contributed by atoms with Gasteiger partial charge in [-0.2, -0.15) is 0 Å². The molecule has 9 heavy (non-hydrogen) atoms. The van der Waals surface area contributed by atoms with Crippen LogP contribution in [0.1, 0.15) is 19.3 Å². The molecule has 1 fully saturated rings. The molecule has 0 heterocycles. The van der Waals surface area contributed by atoms with E-state index < -0.39 is 0 Å². The van der Waals surface area contributed by atoms with Gasteiger partial charge in [0.1, 0.15) is 0 Å². The molecule has 0 aromatic rings. The Labute approximate surface area is 62.7 Å². The Hall–Kier alpha value is -0.0100. The molecule has 1 saturated carbocycles. The standard InChI is InChI=1S/C7H13N.ClH/c1-6-2-3-7(4-6)5-8;/h7H,1-5,8H2;1H. The van der Waals surface area contributed by atoms with Crippen molar-refractivity contribution >= 4 is 12.4 Å². The zero-order chi connectivity index (χ0) is 5.98. The maximum absolute atomic E-state index is 5.45.